The lowest BCUT2D eigenvalue weighted by Gasteiger charge is -2.05. The van der Waals surface area contributed by atoms with Crippen LogP contribution in [0.15, 0.2) is 40.2 Å². The lowest BCUT2D eigenvalue weighted by atomic mass is 10.1. The van der Waals surface area contributed by atoms with Gasteiger partial charge in [-0.1, -0.05) is 12.1 Å². The minimum atomic E-state index is -4.41. The summed E-state index contributed by atoms with van der Waals surface area (Å²) in [5, 5.41) is 3.61. The number of carbonyl (C=O) groups excluding carboxylic acids is 1. The van der Waals surface area contributed by atoms with Crippen molar-refractivity contribution >= 4 is 12.1 Å². The van der Waals surface area contributed by atoms with E-state index in [0.29, 0.717) is 11.3 Å². The van der Waals surface area contributed by atoms with E-state index in [2.05, 4.69) is 20.5 Å². The molecule has 0 atom stereocenters. The van der Waals surface area contributed by atoms with Crippen molar-refractivity contribution in [3.63, 3.8) is 0 Å². The van der Waals surface area contributed by atoms with E-state index < -0.39 is 23.3 Å². The number of benzene rings is 1. The van der Waals surface area contributed by atoms with Crippen LogP contribution in [0.1, 0.15) is 27.3 Å². The zero-order valence-corrected chi connectivity index (χ0v) is 11.8. The van der Waals surface area contributed by atoms with E-state index in [1.807, 2.05) is 0 Å². The average molecular weight is 324 g/mol. The lowest BCUT2D eigenvalue weighted by Crippen LogP contribution is -2.24. The molecule has 0 saturated carbocycles. The average Bonchev–Trinajstić information content (AvgIpc) is 2.45. The van der Waals surface area contributed by atoms with E-state index in [0.717, 1.165) is 12.1 Å². The van der Waals surface area contributed by atoms with Gasteiger partial charge in [0.1, 0.15) is 5.69 Å². The molecule has 1 amide bonds. The van der Waals surface area contributed by atoms with Gasteiger partial charge in [-0.3, -0.25) is 4.79 Å². The van der Waals surface area contributed by atoms with Gasteiger partial charge in [-0.05, 0) is 30.7 Å². The Kier molecular flexibility index (Phi) is 4.58. The molecule has 0 bridgehead atoms. The normalized spacial score (nSPS) is 11.7. The SMILES string of the molecule is Cc1cc(C(=O)N/N=C/c2ccc(C(F)(F)F)cc2)nc(=O)[nH]1. The topological polar surface area (TPSA) is 87.2 Å². The lowest BCUT2D eigenvalue weighted by molar-refractivity contribution is -0.137. The highest BCUT2D eigenvalue weighted by molar-refractivity contribution is 5.93. The maximum Gasteiger partial charge on any atom is 0.416 e. The Morgan fingerprint density at radius 1 is 1.30 bits per heavy atom. The summed E-state index contributed by atoms with van der Waals surface area (Å²) in [5.41, 5.74) is 1.41. The summed E-state index contributed by atoms with van der Waals surface area (Å²) in [7, 11) is 0. The fourth-order valence-corrected chi connectivity index (χ4v) is 1.68. The molecule has 0 fully saturated rings. The Morgan fingerprint density at radius 2 is 1.96 bits per heavy atom. The Hall–Kier alpha value is -2.97. The van der Waals surface area contributed by atoms with Gasteiger partial charge in [0.05, 0.1) is 11.8 Å². The molecule has 0 spiro atoms. The molecule has 0 aliphatic carbocycles. The predicted molar refractivity (Wildman–Crippen MR) is 76.1 cm³/mol. The van der Waals surface area contributed by atoms with Crippen LogP contribution in [0.25, 0.3) is 0 Å². The number of H-pyrrole nitrogens is 1. The van der Waals surface area contributed by atoms with Crippen molar-refractivity contribution in [3.05, 3.63) is 63.3 Å². The van der Waals surface area contributed by atoms with Gasteiger partial charge in [-0.25, -0.2) is 10.2 Å². The summed E-state index contributed by atoms with van der Waals surface area (Å²) in [6.45, 7) is 1.59. The van der Waals surface area contributed by atoms with Crippen molar-refractivity contribution in [2.45, 2.75) is 13.1 Å². The molecule has 2 rings (SSSR count). The number of alkyl halides is 3. The van der Waals surface area contributed by atoms with Gasteiger partial charge in [0.15, 0.2) is 0 Å². The van der Waals surface area contributed by atoms with Crippen LogP contribution in [0, 0.1) is 6.92 Å². The van der Waals surface area contributed by atoms with Gasteiger partial charge in [0.25, 0.3) is 5.91 Å². The first-order valence-electron chi connectivity index (χ1n) is 6.34. The second kappa shape index (κ2) is 6.42. The first-order valence-corrected chi connectivity index (χ1v) is 6.34. The molecule has 23 heavy (non-hydrogen) atoms. The molecule has 0 radical (unpaired) electrons. The number of halogens is 3. The maximum absolute atomic E-state index is 12.4. The minimum absolute atomic E-state index is 0.115. The van der Waals surface area contributed by atoms with Crippen molar-refractivity contribution in [2.24, 2.45) is 5.10 Å². The van der Waals surface area contributed by atoms with Crippen molar-refractivity contribution < 1.29 is 18.0 Å². The Labute approximate surface area is 128 Å². The van der Waals surface area contributed by atoms with Crippen LogP contribution < -0.4 is 11.1 Å². The van der Waals surface area contributed by atoms with Crippen molar-refractivity contribution in [2.75, 3.05) is 0 Å². The number of aryl methyl sites for hydroxylation is 1. The number of aromatic amines is 1. The standard InChI is InChI=1S/C14H11F3N4O2/c1-8-6-11(20-13(23)19-8)12(22)21-18-7-9-2-4-10(5-3-9)14(15,16)17/h2-7H,1H3,(H,21,22)(H,19,20,23)/b18-7+. The predicted octanol–water partition coefficient (Wildman–Crippen LogP) is 1.86. The molecule has 6 nitrogen and oxygen atoms in total. The van der Waals surface area contributed by atoms with Crippen molar-refractivity contribution in [3.8, 4) is 0 Å². The minimum Gasteiger partial charge on any atom is -0.310 e. The van der Waals surface area contributed by atoms with Gasteiger partial charge < -0.3 is 4.98 Å². The maximum atomic E-state index is 12.4. The second-order valence-corrected chi connectivity index (χ2v) is 4.57. The van der Waals surface area contributed by atoms with E-state index in [4.69, 9.17) is 0 Å². The number of rotatable bonds is 3. The third-order valence-electron chi connectivity index (χ3n) is 2.73. The number of aromatic nitrogens is 2. The molecule has 0 saturated heterocycles. The zero-order valence-electron chi connectivity index (χ0n) is 11.8. The van der Waals surface area contributed by atoms with Gasteiger partial charge in [-0.2, -0.15) is 23.3 Å². The molecule has 120 valence electrons. The molecule has 9 heteroatoms. The number of nitrogens with zero attached hydrogens (tertiary/aromatic N) is 2. The van der Waals surface area contributed by atoms with Crippen LogP contribution in [0.4, 0.5) is 13.2 Å². The Bertz CT molecular complexity index is 795. The van der Waals surface area contributed by atoms with Crippen LogP contribution in [0.3, 0.4) is 0 Å². The van der Waals surface area contributed by atoms with Crippen LogP contribution >= 0.6 is 0 Å². The summed E-state index contributed by atoms with van der Waals surface area (Å²) in [5.74, 6) is -0.706. The smallest absolute Gasteiger partial charge is 0.310 e. The number of amides is 1. The molecule has 0 aliphatic heterocycles. The zero-order chi connectivity index (χ0) is 17.0. The molecule has 1 heterocycles. The number of hydrazone groups is 1. The summed E-state index contributed by atoms with van der Waals surface area (Å²) >= 11 is 0. The first-order chi connectivity index (χ1) is 10.8. The highest BCUT2D eigenvalue weighted by atomic mass is 19.4. The molecule has 2 aromatic rings. The van der Waals surface area contributed by atoms with Crippen molar-refractivity contribution in [1.82, 2.24) is 15.4 Å². The third-order valence-corrected chi connectivity index (χ3v) is 2.73. The fourth-order valence-electron chi connectivity index (χ4n) is 1.68. The van der Waals surface area contributed by atoms with Crippen LogP contribution in [-0.2, 0) is 6.18 Å². The molecule has 2 N–H and O–H groups in total. The number of hydrogen-bond donors (Lipinski definition) is 2. The highest BCUT2D eigenvalue weighted by Gasteiger charge is 2.29. The second-order valence-electron chi connectivity index (χ2n) is 4.57. The summed E-state index contributed by atoms with van der Waals surface area (Å²) in [6.07, 6.45) is -3.23. The summed E-state index contributed by atoms with van der Waals surface area (Å²) < 4.78 is 37.2. The molecular formula is C14H11F3N4O2. The molecule has 0 aliphatic rings. The van der Waals surface area contributed by atoms with E-state index in [1.54, 1.807) is 6.92 Å². The highest BCUT2D eigenvalue weighted by Crippen LogP contribution is 2.28. The van der Waals surface area contributed by atoms with E-state index >= 15 is 0 Å². The van der Waals surface area contributed by atoms with Crippen LogP contribution in [-0.4, -0.2) is 22.1 Å². The molecular weight excluding hydrogens is 313 g/mol. The largest absolute Gasteiger partial charge is 0.416 e. The fraction of sp³-hybridized carbons (Fsp3) is 0.143. The van der Waals surface area contributed by atoms with E-state index in [1.165, 1.54) is 24.4 Å². The number of carbonyl (C=O) groups is 1. The Balaban J connectivity index is 2.04. The quantitative estimate of drug-likeness (QED) is 0.667. The summed E-state index contributed by atoms with van der Waals surface area (Å²) in [6, 6.07) is 5.61. The first kappa shape index (κ1) is 16.4. The van der Waals surface area contributed by atoms with E-state index in [-0.39, 0.29) is 5.69 Å². The van der Waals surface area contributed by atoms with Crippen LogP contribution in [0.5, 0.6) is 0 Å². The third kappa shape index (κ3) is 4.50. The van der Waals surface area contributed by atoms with Gasteiger partial charge in [0.2, 0.25) is 0 Å². The van der Waals surface area contributed by atoms with Crippen LogP contribution in [0.2, 0.25) is 0 Å². The monoisotopic (exact) mass is 324 g/mol. The summed E-state index contributed by atoms with van der Waals surface area (Å²) in [4.78, 5) is 28.7. The van der Waals surface area contributed by atoms with Crippen molar-refractivity contribution in [1.29, 1.82) is 0 Å². The van der Waals surface area contributed by atoms with Gasteiger partial charge in [0, 0.05) is 5.69 Å². The molecule has 1 aromatic heterocycles. The van der Waals surface area contributed by atoms with Gasteiger partial charge in [-0.15, -0.1) is 0 Å². The van der Waals surface area contributed by atoms with E-state index in [9.17, 15) is 22.8 Å². The number of nitrogens with one attached hydrogen (secondary N) is 2. The molecule has 0 unspecified atom stereocenters. The van der Waals surface area contributed by atoms with Gasteiger partial charge >= 0.3 is 11.9 Å². The number of hydrogen-bond acceptors (Lipinski definition) is 4. The Morgan fingerprint density at radius 3 is 2.52 bits per heavy atom. The molecule has 1 aromatic carbocycles.